The van der Waals surface area contributed by atoms with Crippen molar-refractivity contribution in [2.75, 3.05) is 12.8 Å². The SMILES string of the molecule is CN(C1C=CC(Cl)=CC1)C1CCSc2sc(CN=O)cc2C1=N. The quantitative estimate of drug-likeness (QED) is 0.789. The Balaban J connectivity index is 1.81. The van der Waals surface area contributed by atoms with Crippen LogP contribution in [-0.4, -0.2) is 35.5 Å². The van der Waals surface area contributed by atoms with Gasteiger partial charge in [-0.15, -0.1) is 23.1 Å². The van der Waals surface area contributed by atoms with E-state index in [4.69, 9.17) is 17.0 Å². The van der Waals surface area contributed by atoms with Gasteiger partial charge in [0, 0.05) is 27.3 Å². The molecule has 2 heterocycles. The lowest BCUT2D eigenvalue weighted by Crippen LogP contribution is -2.44. The molecule has 0 fully saturated rings. The number of thiophene rings is 1. The molecule has 4 nitrogen and oxygen atoms in total. The molecular formula is C16H18ClN3OS2. The maximum atomic E-state index is 10.5. The van der Waals surface area contributed by atoms with Crippen LogP contribution in [0.5, 0.6) is 0 Å². The van der Waals surface area contributed by atoms with Crippen LogP contribution in [0.2, 0.25) is 0 Å². The Kier molecular flexibility index (Phi) is 5.36. The number of nitrogens with one attached hydrogen (secondary N) is 1. The molecule has 1 aliphatic carbocycles. The predicted molar refractivity (Wildman–Crippen MR) is 99.0 cm³/mol. The molecule has 7 heteroatoms. The van der Waals surface area contributed by atoms with Crippen molar-refractivity contribution < 1.29 is 0 Å². The second kappa shape index (κ2) is 7.30. The van der Waals surface area contributed by atoms with Crippen LogP contribution < -0.4 is 0 Å². The van der Waals surface area contributed by atoms with Gasteiger partial charge < -0.3 is 5.41 Å². The number of likely N-dealkylation sites (N-methyl/N-ethyl adjacent to an activating group) is 1. The van der Waals surface area contributed by atoms with Crippen molar-refractivity contribution in [2.24, 2.45) is 5.18 Å². The van der Waals surface area contributed by atoms with Gasteiger partial charge in [-0.3, -0.25) is 4.90 Å². The van der Waals surface area contributed by atoms with E-state index in [1.54, 1.807) is 23.1 Å². The van der Waals surface area contributed by atoms with Gasteiger partial charge in [0.25, 0.3) is 0 Å². The van der Waals surface area contributed by atoms with Crippen LogP contribution in [0, 0.1) is 10.3 Å². The monoisotopic (exact) mass is 367 g/mol. The van der Waals surface area contributed by atoms with Gasteiger partial charge in [-0.1, -0.05) is 28.9 Å². The summed E-state index contributed by atoms with van der Waals surface area (Å²) in [6.07, 6.45) is 7.90. The number of allylic oxidation sites excluding steroid dienone is 2. The fraction of sp³-hybridized carbons (Fsp3) is 0.438. The van der Waals surface area contributed by atoms with Gasteiger partial charge in [0.05, 0.1) is 16.0 Å². The Labute approximate surface area is 149 Å². The van der Waals surface area contributed by atoms with Gasteiger partial charge in [-0.05, 0) is 32.0 Å². The number of nitroso groups, excluding NO2 is 1. The summed E-state index contributed by atoms with van der Waals surface area (Å²) < 4.78 is 1.15. The maximum Gasteiger partial charge on any atom is 0.115 e. The highest BCUT2D eigenvalue weighted by atomic mass is 35.5. The summed E-state index contributed by atoms with van der Waals surface area (Å²) in [5.41, 5.74) is 1.62. The average Bonchev–Trinajstić information content (AvgIpc) is 2.88. The number of hydrogen-bond acceptors (Lipinski definition) is 6. The predicted octanol–water partition coefficient (Wildman–Crippen LogP) is 4.63. The first-order valence-corrected chi connectivity index (χ1v) is 9.67. The lowest BCUT2D eigenvalue weighted by Gasteiger charge is -2.33. The normalized spacial score (nSPS) is 24.3. The van der Waals surface area contributed by atoms with E-state index in [0.29, 0.717) is 5.71 Å². The van der Waals surface area contributed by atoms with Crippen LogP contribution in [0.3, 0.4) is 0 Å². The zero-order valence-electron chi connectivity index (χ0n) is 12.8. The lowest BCUT2D eigenvalue weighted by molar-refractivity contribution is 0.244. The lowest BCUT2D eigenvalue weighted by atomic mass is 9.98. The molecule has 0 bridgehead atoms. The van der Waals surface area contributed by atoms with Crippen molar-refractivity contribution in [1.82, 2.24) is 4.90 Å². The van der Waals surface area contributed by atoms with Crippen LogP contribution >= 0.6 is 34.7 Å². The molecule has 0 amide bonds. The van der Waals surface area contributed by atoms with E-state index >= 15 is 0 Å². The third-order valence-electron chi connectivity index (χ3n) is 4.26. The van der Waals surface area contributed by atoms with Crippen molar-refractivity contribution in [3.05, 3.63) is 44.7 Å². The Morgan fingerprint density at radius 2 is 2.35 bits per heavy atom. The molecule has 1 aliphatic heterocycles. The number of hydrogen-bond donors (Lipinski definition) is 1. The maximum absolute atomic E-state index is 10.5. The molecule has 1 aromatic heterocycles. The van der Waals surface area contributed by atoms with Gasteiger partial charge in [-0.2, -0.15) is 4.91 Å². The molecule has 2 atom stereocenters. The number of rotatable bonds is 4. The molecule has 0 radical (unpaired) electrons. The fourth-order valence-electron chi connectivity index (χ4n) is 2.97. The van der Waals surface area contributed by atoms with E-state index in [9.17, 15) is 4.91 Å². The van der Waals surface area contributed by atoms with Gasteiger partial charge >= 0.3 is 0 Å². The largest absolute Gasteiger partial charge is 0.303 e. The van der Waals surface area contributed by atoms with E-state index in [1.807, 2.05) is 18.2 Å². The van der Waals surface area contributed by atoms with Crippen LogP contribution in [0.4, 0.5) is 0 Å². The summed E-state index contributed by atoms with van der Waals surface area (Å²) in [4.78, 5) is 13.7. The first-order chi connectivity index (χ1) is 11.1. The van der Waals surface area contributed by atoms with E-state index in [2.05, 4.69) is 23.2 Å². The second-order valence-electron chi connectivity index (χ2n) is 5.68. The number of fused-ring (bicyclic) bond motifs is 1. The Morgan fingerprint density at radius 3 is 3.04 bits per heavy atom. The zero-order chi connectivity index (χ0) is 16.4. The molecule has 2 aliphatic rings. The molecule has 122 valence electrons. The Hall–Kier alpha value is -0.950. The summed E-state index contributed by atoms with van der Waals surface area (Å²) in [6, 6.07) is 2.32. The van der Waals surface area contributed by atoms with E-state index in [-0.39, 0.29) is 18.6 Å². The second-order valence-corrected chi connectivity index (χ2v) is 8.62. The Morgan fingerprint density at radius 1 is 1.52 bits per heavy atom. The highest BCUT2D eigenvalue weighted by molar-refractivity contribution is 8.01. The molecule has 23 heavy (non-hydrogen) atoms. The number of thioether (sulfide) groups is 1. The third kappa shape index (κ3) is 3.60. The molecule has 1 aromatic rings. The summed E-state index contributed by atoms with van der Waals surface area (Å²) in [5.74, 6) is 0.978. The summed E-state index contributed by atoms with van der Waals surface area (Å²) in [6.45, 7) is 0.195. The minimum Gasteiger partial charge on any atom is -0.303 e. The molecule has 0 spiro atoms. The molecule has 2 unspecified atom stereocenters. The van der Waals surface area contributed by atoms with Crippen molar-refractivity contribution in [1.29, 1.82) is 5.41 Å². The first-order valence-electron chi connectivity index (χ1n) is 7.49. The zero-order valence-corrected chi connectivity index (χ0v) is 15.2. The molecule has 3 rings (SSSR count). The highest BCUT2D eigenvalue weighted by Gasteiger charge is 2.30. The van der Waals surface area contributed by atoms with E-state index in [1.165, 1.54) is 0 Å². The minimum atomic E-state index is 0.0790. The van der Waals surface area contributed by atoms with Gasteiger partial charge in [0.1, 0.15) is 6.54 Å². The van der Waals surface area contributed by atoms with Crippen molar-refractivity contribution >= 4 is 40.4 Å². The molecule has 0 saturated carbocycles. The molecule has 0 aromatic carbocycles. The fourth-order valence-corrected chi connectivity index (χ4v) is 5.60. The Bertz CT molecular complexity index is 683. The van der Waals surface area contributed by atoms with Crippen LogP contribution in [0.25, 0.3) is 0 Å². The highest BCUT2D eigenvalue weighted by Crippen LogP contribution is 2.38. The van der Waals surface area contributed by atoms with E-state index in [0.717, 1.165) is 38.3 Å². The van der Waals surface area contributed by atoms with Crippen molar-refractivity contribution in [3.63, 3.8) is 0 Å². The molecule has 1 N–H and O–H groups in total. The van der Waals surface area contributed by atoms with Crippen LogP contribution in [0.1, 0.15) is 23.3 Å². The third-order valence-corrected chi connectivity index (χ3v) is 6.98. The van der Waals surface area contributed by atoms with E-state index < -0.39 is 0 Å². The van der Waals surface area contributed by atoms with Crippen LogP contribution in [0.15, 0.2) is 38.7 Å². The molecule has 0 saturated heterocycles. The number of halogens is 1. The van der Waals surface area contributed by atoms with Gasteiger partial charge in [0.15, 0.2) is 0 Å². The summed E-state index contributed by atoms with van der Waals surface area (Å²) in [5, 5.41) is 12.4. The molecular weight excluding hydrogens is 350 g/mol. The first kappa shape index (κ1) is 16.9. The minimum absolute atomic E-state index is 0.0790. The summed E-state index contributed by atoms with van der Waals surface area (Å²) in [7, 11) is 2.08. The van der Waals surface area contributed by atoms with Gasteiger partial charge in [-0.25, -0.2) is 0 Å². The van der Waals surface area contributed by atoms with Crippen molar-refractivity contribution in [3.8, 4) is 0 Å². The van der Waals surface area contributed by atoms with Gasteiger partial charge in [0.2, 0.25) is 0 Å². The average molecular weight is 368 g/mol. The van der Waals surface area contributed by atoms with Crippen LogP contribution in [-0.2, 0) is 6.54 Å². The smallest absolute Gasteiger partial charge is 0.115 e. The topological polar surface area (TPSA) is 56.5 Å². The number of nitrogens with zero attached hydrogens (tertiary/aromatic N) is 2. The van der Waals surface area contributed by atoms with Crippen molar-refractivity contribution in [2.45, 2.75) is 35.7 Å². The standard InChI is InChI=1S/C16H18ClN3OS2/c1-20(11-4-2-10(17)3-5-11)14-6-7-22-16-13(15(14)18)8-12(23-16)9-19-21/h2-4,8,11,14,18H,5-7,9H2,1H3. The summed E-state index contributed by atoms with van der Waals surface area (Å²) >= 11 is 9.38.